The predicted molar refractivity (Wildman–Crippen MR) is 51.5 cm³/mol. The number of hydrogen-bond donors (Lipinski definition) is 2. The van der Waals surface area contributed by atoms with E-state index < -0.39 is 0 Å². The van der Waals surface area contributed by atoms with E-state index in [2.05, 4.69) is 16.4 Å². The summed E-state index contributed by atoms with van der Waals surface area (Å²) in [7, 11) is 1.78. The molecule has 3 heteroatoms. The van der Waals surface area contributed by atoms with E-state index in [0.29, 0.717) is 12.1 Å². The molecule has 0 atom stereocenters. The quantitative estimate of drug-likeness (QED) is 0.732. The van der Waals surface area contributed by atoms with Gasteiger partial charge in [0.15, 0.2) is 0 Å². The highest BCUT2D eigenvalue weighted by atomic mass is 16.5. The topological polar surface area (TPSA) is 37.0 Å². The lowest BCUT2D eigenvalue weighted by Gasteiger charge is -2.34. The molecule has 2 N–H and O–H groups in total. The standard InChI is InChI=1S/C10H16N2O/c1-13-10-4-9(5-10)12-7-8-2-3-11-6-8/h2-3,6,9-12H,4-5,7H2,1H3. The molecule has 1 heterocycles. The second-order valence-corrected chi connectivity index (χ2v) is 3.63. The summed E-state index contributed by atoms with van der Waals surface area (Å²) in [5.74, 6) is 0. The average molecular weight is 180 g/mol. The van der Waals surface area contributed by atoms with Crippen LogP contribution in [0.15, 0.2) is 18.5 Å². The molecule has 0 amide bonds. The van der Waals surface area contributed by atoms with Gasteiger partial charge in [-0.1, -0.05) is 0 Å². The highest BCUT2D eigenvalue weighted by Crippen LogP contribution is 2.22. The molecule has 0 radical (unpaired) electrons. The summed E-state index contributed by atoms with van der Waals surface area (Å²) in [4.78, 5) is 3.04. The van der Waals surface area contributed by atoms with Crippen molar-refractivity contribution in [3.63, 3.8) is 0 Å². The van der Waals surface area contributed by atoms with Gasteiger partial charge in [0.25, 0.3) is 0 Å². The molecule has 0 aromatic carbocycles. The monoisotopic (exact) mass is 180 g/mol. The third-order valence-corrected chi connectivity index (χ3v) is 2.69. The van der Waals surface area contributed by atoms with E-state index in [1.54, 1.807) is 7.11 Å². The average Bonchev–Trinajstić information content (AvgIpc) is 2.54. The maximum atomic E-state index is 5.21. The van der Waals surface area contributed by atoms with Gasteiger partial charge in [0.1, 0.15) is 0 Å². The Kier molecular flexibility index (Phi) is 2.66. The van der Waals surface area contributed by atoms with E-state index in [1.807, 2.05) is 12.4 Å². The van der Waals surface area contributed by atoms with Gasteiger partial charge < -0.3 is 15.0 Å². The van der Waals surface area contributed by atoms with Gasteiger partial charge >= 0.3 is 0 Å². The number of aromatic nitrogens is 1. The molecular weight excluding hydrogens is 164 g/mol. The molecule has 2 rings (SSSR count). The lowest BCUT2D eigenvalue weighted by molar-refractivity contribution is 0.0170. The van der Waals surface area contributed by atoms with Crippen LogP contribution in [-0.4, -0.2) is 24.2 Å². The minimum absolute atomic E-state index is 0.490. The first-order valence-electron chi connectivity index (χ1n) is 4.76. The molecule has 1 aromatic heterocycles. The van der Waals surface area contributed by atoms with Crippen molar-refractivity contribution in [2.24, 2.45) is 0 Å². The Morgan fingerprint density at radius 3 is 3.08 bits per heavy atom. The highest BCUT2D eigenvalue weighted by Gasteiger charge is 2.28. The fourth-order valence-corrected chi connectivity index (χ4v) is 1.66. The van der Waals surface area contributed by atoms with Crippen molar-refractivity contribution in [1.29, 1.82) is 0 Å². The van der Waals surface area contributed by atoms with Crippen molar-refractivity contribution in [3.05, 3.63) is 24.0 Å². The fourth-order valence-electron chi connectivity index (χ4n) is 1.66. The summed E-state index contributed by atoms with van der Waals surface area (Å²) in [6.45, 7) is 0.963. The third-order valence-electron chi connectivity index (χ3n) is 2.69. The summed E-state index contributed by atoms with van der Waals surface area (Å²) in [6, 6.07) is 2.75. The van der Waals surface area contributed by atoms with Crippen LogP contribution in [-0.2, 0) is 11.3 Å². The normalized spacial score (nSPS) is 27.2. The molecule has 1 aliphatic rings. The number of rotatable bonds is 4. The maximum Gasteiger partial charge on any atom is 0.0601 e. The second kappa shape index (κ2) is 3.94. The molecule has 0 bridgehead atoms. The minimum atomic E-state index is 0.490. The number of hydrogen-bond acceptors (Lipinski definition) is 2. The van der Waals surface area contributed by atoms with Crippen molar-refractivity contribution in [2.75, 3.05) is 7.11 Å². The summed E-state index contributed by atoms with van der Waals surface area (Å²) >= 11 is 0. The van der Waals surface area contributed by atoms with Gasteiger partial charge in [-0.3, -0.25) is 0 Å². The van der Waals surface area contributed by atoms with Crippen molar-refractivity contribution in [1.82, 2.24) is 10.3 Å². The Hall–Kier alpha value is -0.800. The van der Waals surface area contributed by atoms with Gasteiger partial charge in [0, 0.05) is 32.1 Å². The zero-order valence-corrected chi connectivity index (χ0v) is 7.92. The molecule has 0 unspecified atom stereocenters. The molecule has 1 aromatic rings. The Morgan fingerprint density at radius 2 is 2.46 bits per heavy atom. The zero-order chi connectivity index (χ0) is 9.10. The van der Waals surface area contributed by atoms with Crippen LogP contribution in [0, 0.1) is 0 Å². The molecule has 0 aliphatic heterocycles. The van der Waals surface area contributed by atoms with E-state index in [4.69, 9.17) is 4.74 Å². The van der Waals surface area contributed by atoms with Crippen LogP contribution < -0.4 is 5.32 Å². The first kappa shape index (κ1) is 8.78. The molecule has 0 saturated heterocycles. The van der Waals surface area contributed by atoms with E-state index in [1.165, 1.54) is 5.56 Å². The van der Waals surface area contributed by atoms with Crippen molar-refractivity contribution in [2.45, 2.75) is 31.5 Å². The fraction of sp³-hybridized carbons (Fsp3) is 0.600. The number of aromatic amines is 1. The van der Waals surface area contributed by atoms with E-state index in [0.717, 1.165) is 19.4 Å². The molecule has 1 aliphatic carbocycles. The summed E-state index contributed by atoms with van der Waals surface area (Å²) in [5, 5.41) is 3.49. The van der Waals surface area contributed by atoms with Gasteiger partial charge in [-0.15, -0.1) is 0 Å². The molecule has 1 saturated carbocycles. The molecular formula is C10H16N2O. The molecule has 0 spiro atoms. The van der Waals surface area contributed by atoms with Crippen LogP contribution in [0.25, 0.3) is 0 Å². The van der Waals surface area contributed by atoms with Crippen LogP contribution in [0.3, 0.4) is 0 Å². The summed E-state index contributed by atoms with van der Waals surface area (Å²) in [6.07, 6.45) is 6.78. The number of methoxy groups -OCH3 is 1. The molecule has 3 nitrogen and oxygen atoms in total. The first-order valence-corrected chi connectivity index (χ1v) is 4.76. The Bertz CT molecular complexity index is 239. The van der Waals surface area contributed by atoms with E-state index in [9.17, 15) is 0 Å². The van der Waals surface area contributed by atoms with E-state index >= 15 is 0 Å². The minimum Gasteiger partial charge on any atom is -0.381 e. The van der Waals surface area contributed by atoms with Gasteiger partial charge in [0.2, 0.25) is 0 Å². The number of ether oxygens (including phenoxy) is 1. The van der Waals surface area contributed by atoms with Crippen molar-refractivity contribution < 1.29 is 4.74 Å². The predicted octanol–water partition coefficient (Wildman–Crippen LogP) is 1.28. The number of H-pyrrole nitrogens is 1. The molecule has 13 heavy (non-hydrogen) atoms. The highest BCUT2D eigenvalue weighted by molar-refractivity contribution is 5.08. The summed E-state index contributed by atoms with van der Waals surface area (Å²) in [5.41, 5.74) is 1.32. The number of nitrogens with one attached hydrogen (secondary N) is 2. The zero-order valence-electron chi connectivity index (χ0n) is 7.92. The van der Waals surface area contributed by atoms with Crippen LogP contribution in [0.1, 0.15) is 18.4 Å². The molecule has 1 fully saturated rings. The van der Waals surface area contributed by atoms with Gasteiger partial charge in [-0.05, 0) is 24.5 Å². The van der Waals surface area contributed by atoms with Gasteiger partial charge in [-0.2, -0.15) is 0 Å². The largest absolute Gasteiger partial charge is 0.381 e. The Morgan fingerprint density at radius 1 is 1.62 bits per heavy atom. The van der Waals surface area contributed by atoms with Gasteiger partial charge in [-0.25, -0.2) is 0 Å². The Labute approximate surface area is 78.5 Å². The van der Waals surface area contributed by atoms with Crippen LogP contribution in [0.4, 0.5) is 0 Å². The third kappa shape index (κ3) is 2.11. The first-order chi connectivity index (χ1) is 6.38. The van der Waals surface area contributed by atoms with Gasteiger partial charge in [0.05, 0.1) is 6.10 Å². The second-order valence-electron chi connectivity index (χ2n) is 3.63. The smallest absolute Gasteiger partial charge is 0.0601 e. The molecule has 72 valence electrons. The summed E-state index contributed by atoms with van der Waals surface area (Å²) < 4.78 is 5.21. The lowest BCUT2D eigenvalue weighted by Crippen LogP contribution is -2.44. The van der Waals surface area contributed by atoms with Crippen molar-refractivity contribution >= 4 is 0 Å². The maximum absolute atomic E-state index is 5.21. The lowest BCUT2D eigenvalue weighted by atomic mass is 9.89. The van der Waals surface area contributed by atoms with Crippen LogP contribution >= 0.6 is 0 Å². The Balaban J connectivity index is 1.65. The van der Waals surface area contributed by atoms with Crippen molar-refractivity contribution in [3.8, 4) is 0 Å². The SMILES string of the molecule is COC1CC(NCc2cc[nH]c2)C1. The van der Waals surface area contributed by atoms with Crippen LogP contribution in [0.5, 0.6) is 0 Å². The van der Waals surface area contributed by atoms with Crippen LogP contribution in [0.2, 0.25) is 0 Å². The van der Waals surface area contributed by atoms with E-state index in [-0.39, 0.29) is 0 Å².